The molecule has 0 saturated carbocycles. The number of fused-ring (bicyclic) bond motifs is 2. The fraction of sp³-hybridized carbons (Fsp3) is 0.0526. The van der Waals surface area contributed by atoms with Crippen LogP contribution >= 0.6 is 0 Å². The van der Waals surface area contributed by atoms with Crippen LogP contribution in [0.5, 0.6) is 0 Å². The second kappa shape index (κ2) is 5.33. The van der Waals surface area contributed by atoms with Crippen molar-refractivity contribution in [2.45, 2.75) is 6.42 Å². The summed E-state index contributed by atoms with van der Waals surface area (Å²) in [5.41, 5.74) is 5.51. The van der Waals surface area contributed by atoms with Crippen molar-refractivity contribution >= 4 is 16.8 Å². The van der Waals surface area contributed by atoms with Gasteiger partial charge in [0.1, 0.15) is 0 Å². The van der Waals surface area contributed by atoms with Crippen molar-refractivity contribution in [1.29, 1.82) is 0 Å². The van der Waals surface area contributed by atoms with Crippen LogP contribution in [-0.2, 0) is 6.42 Å². The van der Waals surface area contributed by atoms with Crippen LogP contribution in [0.4, 0.5) is 0 Å². The molecule has 0 aliphatic heterocycles. The number of allylic oxidation sites excluding steroid dienone is 1. The summed E-state index contributed by atoms with van der Waals surface area (Å²) < 4.78 is 0. The predicted octanol–water partition coefficient (Wildman–Crippen LogP) is 2.19. The fourth-order valence-corrected chi connectivity index (χ4v) is 2.99. The Hall–Kier alpha value is -1.74. The molecule has 92 valence electrons. The number of hydrogen-bond acceptors (Lipinski definition) is 0. The molecule has 0 nitrogen and oxygen atoms in total. The average molecular weight is 250 g/mol. The Morgan fingerprint density at radius 2 is 1.50 bits per heavy atom. The van der Waals surface area contributed by atoms with Crippen molar-refractivity contribution in [2.24, 2.45) is 0 Å². The monoisotopic (exact) mass is 250 g/mol. The van der Waals surface area contributed by atoms with Crippen molar-refractivity contribution in [3.05, 3.63) is 77.9 Å². The summed E-state index contributed by atoms with van der Waals surface area (Å²) in [5.74, 6) is 0. The van der Waals surface area contributed by atoms with Gasteiger partial charge < -0.3 is 1.43 Å². The molecule has 0 unspecified atom stereocenters. The van der Waals surface area contributed by atoms with Gasteiger partial charge in [0.25, 0.3) is 0 Å². The average Bonchev–Trinajstić information content (AvgIpc) is 2.95. The van der Waals surface area contributed by atoms with Gasteiger partial charge in [0.15, 0.2) is 0 Å². The first-order valence-electron chi connectivity index (χ1n) is 6.70. The van der Waals surface area contributed by atoms with E-state index in [2.05, 4.69) is 72.8 Å². The van der Waals surface area contributed by atoms with E-state index in [9.17, 15) is 0 Å². The van der Waals surface area contributed by atoms with Gasteiger partial charge in [-0.05, 0) is 39.4 Å². The van der Waals surface area contributed by atoms with E-state index in [1.165, 1.54) is 33.0 Å². The second-order valence-electron chi connectivity index (χ2n) is 5.01. The van der Waals surface area contributed by atoms with E-state index in [1.807, 2.05) is 0 Å². The summed E-state index contributed by atoms with van der Waals surface area (Å²) >= 11 is 0. The summed E-state index contributed by atoms with van der Waals surface area (Å²) in [4.78, 5) is 0. The molecule has 3 aromatic rings. The van der Waals surface area contributed by atoms with Crippen LogP contribution in [0.1, 0.15) is 12.6 Å². The molecular formula is C19H15Li. The van der Waals surface area contributed by atoms with Gasteiger partial charge in [-0.3, -0.25) is 0 Å². The summed E-state index contributed by atoms with van der Waals surface area (Å²) in [5, 5.41) is 2.64. The summed E-state index contributed by atoms with van der Waals surface area (Å²) in [6, 6.07) is 21.8. The Kier molecular flexibility index (Phi) is 3.53. The molecular weight excluding hydrogens is 235 g/mol. The van der Waals surface area contributed by atoms with Crippen LogP contribution in [0, 0.1) is 0 Å². The fourth-order valence-electron chi connectivity index (χ4n) is 2.99. The van der Waals surface area contributed by atoms with E-state index in [-0.39, 0.29) is 20.3 Å². The topological polar surface area (TPSA) is 0 Å². The maximum Gasteiger partial charge on any atom is 1.00 e. The van der Waals surface area contributed by atoms with Gasteiger partial charge in [-0.15, -0.1) is 0 Å². The Morgan fingerprint density at radius 1 is 0.750 bits per heavy atom. The molecule has 0 aromatic heterocycles. The first-order chi connectivity index (χ1) is 9.43. The molecule has 0 N–H and O–H groups in total. The molecule has 1 aliphatic carbocycles. The smallest absolute Gasteiger partial charge is 1.00 e. The third-order valence-electron chi connectivity index (χ3n) is 3.90. The van der Waals surface area contributed by atoms with E-state index in [0.717, 1.165) is 6.42 Å². The third-order valence-corrected chi connectivity index (χ3v) is 3.90. The summed E-state index contributed by atoms with van der Waals surface area (Å²) in [6.07, 6.45) is 5.57. The Morgan fingerprint density at radius 3 is 2.45 bits per heavy atom. The maximum absolute atomic E-state index is 2.26. The van der Waals surface area contributed by atoms with Crippen molar-refractivity contribution in [3.63, 3.8) is 0 Å². The van der Waals surface area contributed by atoms with E-state index >= 15 is 0 Å². The Labute approximate surface area is 132 Å². The Balaban J connectivity index is 0.000000807. The molecule has 0 heterocycles. The van der Waals surface area contributed by atoms with Gasteiger partial charge in [0, 0.05) is 0 Å². The van der Waals surface area contributed by atoms with Crippen LogP contribution in [0.15, 0.2) is 66.7 Å². The quantitative estimate of drug-likeness (QED) is 0.581. The van der Waals surface area contributed by atoms with Crippen molar-refractivity contribution in [2.75, 3.05) is 0 Å². The van der Waals surface area contributed by atoms with Gasteiger partial charge in [-0.2, -0.15) is 0 Å². The first kappa shape index (κ1) is 13.3. The molecule has 0 spiro atoms. The third kappa shape index (κ3) is 2.02. The zero-order valence-electron chi connectivity index (χ0n) is 12.6. The molecule has 4 rings (SSSR count). The number of rotatable bonds is 1. The van der Waals surface area contributed by atoms with Crippen LogP contribution < -0.4 is 18.9 Å². The molecule has 1 heteroatoms. The minimum absolute atomic E-state index is 0. The van der Waals surface area contributed by atoms with Gasteiger partial charge in [-0.25, -0.2) is 0 Å². The van der Waals surface area contributed by atoms with E-state index in [0.29, 0.717) is 0 Å². The molecule has 0 radical (unpaired) electrons. The number of benzene rings is 3. The minimum atomic E-state index is 0. The van der Waals surface area contributed by atoms with Gasteiger partial charge in [-0.1, -0.05) is 72.8 Å². The van der Waals surface area contributed by atoms with Crippen LogP contribution in [0.2, 0.25) is 0 Å². The molecule has 0 atom stereocenters. The zero-order valence-corrected chi connectivity index (χ0v) is 11.6. The molecule has 3 aromatic carbocycles. The molecule has 0 saturated heterocycles. The van der Waals surface area contributed by atoms with Crippen LogP contribution in [0.25, 0.3) is 28.0 Å². The normalized spacial score (nSPS) is 12.2. The zero-order chi connectivity index (χ0) is 12.7. The maximum atomic E-state index is 2.26. The van der Waals surface area contributed by atoms with Crippen molar-refractivity contribution in [3.8, 4) is 11.1 Å². The number of hydrogen-bond donors (Lipinski definition) is 0. The van der Waals surface area contributed by atoms with Gasteiger partial charge >= 0.3 is 18.9 Å². The van der Waals surface area contributed by atoms with Crippen molar-refractivity contribution in [1.82, 2.24) is 0 Å². The predicted molar refractivity (Wildman–Crippen MR) is 83.2 cm³/mol. The largest absolute Gasteiger partial charge is 1.00 e. The van der Waals surface area contributed by atoms with Crippen LogP contribution in [-0.4, -0.2) is 0 Å². The standard InChI is InChI=1S/C19H14.Li.H/c1-2-10-16-14(6-1)8-4-12-18(16)19-13-5-9-15-7-3-11-17(15)19;;/h1-6,8-13H,7H2;;/q;+1;-1. The Bertz CT molecular complexity index is 800. The van der Waals surface area contributed by atoms with E-state index in [4.69, 9.17) is 0 Å². The van der Waals surface area contributed by atoms with E-state index < -0.39 is 0 Å². The van der Waals surface area contributed by atoms with Gasteiger partial charge in [0.2, 0.25) is 0 Å². The van der Waals surface area contributed by atoms with Crippen molar-refractivity contribution < 1.29 is 20.3 Å². The SMILES string of the molecule is C1=Cc2c(cccc2-c2cccc3ccccc23)C1.[H-].[Li+]. The molecule has 0 fully saturated rings. The molecule has 0 bridgehead atoms. The van der Waals surface area contributed by atoms with E-state index in [1.54, 1.807) is 0 Å². The van der Waals surface area contributed by atoms with Gasteiger partial charge in [0.05, 0.1) is 0 Å². The molecule has 1 aliphatic rings. The van der Waals surface area contributed by atoms with Crippen LogP contribution in [0.3, 0.4) is 0 Å². The molecule has 0 amide bonds. The molecule has 20 heavy (non-hydrogen) atoms. The summed E-state index contributed by atoms with van der Waals surface area (Å²) in [7, 11) is 0. The minimum Gasteiger partial charge on any atom is -1.00 e. The first-order valence-corrected chi connectivity index (χ1v) is 6.70. The summed E-state index contributed by atoms with van der Waals surface area (Å²) in [6.45, 7) is 0. The second-order valence-corrected chi connectivity index (χ2v) is 5.01.